The molecule has 0 saturated heterocycles. The van der Waals surface area contributed by atoms with Crippen molar-refractivity contribution < 1.29 is 4.39 Å². The van der Waals surface area contributed by atoms with E-state index in [2.05, 4.69) is 15.5 Å². The molecule has 0 fully saturated rings. The summed E-state index contributed by atoms with van der Waals surface area (Å²) in [5, 5.41) is 11.5. The smallest absolute Gasteiger partial charge is 0.190 e. The zero-order chi connectivity index (χ0) is 14.1. The van der Waals surface area contributed by atoms with Crippen LogP contribution in [0.3, 0.4) is 0 Å². The van der Waals surface area contributed by atoms with Crippen LogP contribution in [-0.4, -0.2) is 20.2 Å². The summed E-state index contributed by atoms with van der Waals surface area (Å²) in [7, 11) is 0. The van der Waals surface area contributed by atoms with E-state index in [0.717, 1.165) is 11.3 Å². The zero-order valence-corrected chi connectivity index (χ0v) is 10.8. The van der Waals surface area contributed by atoms with Crippen molar-refractivity contribution >= 4 is 5.69 Å². The molecule has 0 unspecified atom stereocenters. The van der Waals surface area contributed by atoms with Gasteiger partial charge in [0.25, 0.3) is 0 Å². The summed E-state index contributed by atoms with van der Waals surface area (Å²) in [4.78, 5) is 0. The van der Waals surface area contributed by atoms with Crippen molar-refractivity contribution in [2.24, 2.45) is 0 Å². The van der Waals surface area contributed by atoms with E-state index in [1.807, 2.05) is 31.2 Å². The minimum Gasteiger partial charge on any atom is -0.399 e. The highest BCUT2D eigenvalue weighted by Crippen LogP contribution is 2.24. The number of aryl methyl sites for hydroxylation is 1. The molecule has 100 valence electrons. The van der Waals surface area contributed by atoms with Crippen LogP contribution in [0.5, 0.6) is 0 Å². The van der Waals surface area contributed by atoms with Gasteiger partial charge in [-0.3, -0.25) is 0 Å². The van der Waals surface area contributed by atoms with Gasteiger partial charge in [0.1, 0.15) is 5.82 Å². The number of nitrogens with zero attached hydrogens (tertiary/aromatic N) is 4. The Hall–Kier alpha value is -2.76. The standard InChI is InChI=1S/C14H12FN5/c1-9-3-2-4-11(7-9)20-14(17-18-19-20)12-6-5-10(16)8-13(12)15/h2-8H,16H2,1H3. The van der Waals surface area contributed by atoms with Crippen LogP contribution >= 0.6 is 0 Å². The van der Waals surface area contributed by atoms with Crippen LogP contribution in [0.2, 0.25) is 0 Å². The highest BCUT2D eigenvalue weighted by atomic mass is 19.1. The molecule has 0 atom stereocenters. The van der Waals surface area contributed by atoms with Gasteiger partial charge in [-0.25, -0.2) is 4.39 Å². The maximum Gasteiger partial charge on any atom is 0.190 e. The largest absolute Gasteiger partial charge is 0.399 e. The van der Waals surface area contributed by atoms with E-state index >= 15 is 0 Å². The van der Waals surface area contributed by atoms with E-state index in [0.29, 0.717) is 17.1 Å². The monoisotopic (exact) mass is 269 g/mol. The average molecular weight is 269 g/mol. The molecule has 5 nitrogen and oxygen atoms in total. The van der Waals surface area contributed by atoms with Crippen LogP contribution in [0.25, 0.3) is 17.1 Å². The Balaban J connectivity index is 2.15. The maximum atomic E-state index is 14.0. The molecular formula is C14H12FN5. The fourth-order valence-electron chi connectivity index (χ4n) is 2.00. The van der Waals surface area contributed by atoms with E-state index in [9.17, 15) is 4.39 Å². The first-order valence-electron chi connectivity index (χ1n) is 6.06. The number of anilines is 1. The van der Waals surface area contributed by atoms with Crippen molar-refractivity contribution in [2.75, 3.05) is 5.73 Å². The molecule has 0 aliphatic heterocycles. The molecule has 2 N–H and O–H groups in total. The van der Waals surface area contributed by atoms with Crippen LogP contribution in [0.15, 0.2) is 42.5 Å². The predicted molar refractivity (Wildman–Crippen MR) is 73.7 cm³/mol. The summed E-state index contributed by atoms with van der Waals surface area (Å²) in [6.07, 6.45) is 0. The lowest BCUT2D eigenvalue weighted by atomic mass is 10.1. The first-order valence-corrected chi connectivity index (χ1v) is 6.06. The lowest BCUT2D eigenvalue weighted by Crippen LogP contribution is -2.01. The summed E-state index contributed by atoms with van der Waals surface area (Å²) in [6, 6.07) is 12.1. The number of halogens is 1. The molecule has 20 heavy (non-hydrogen) atoms. The summed E-state index contributed by atoms with van der Waals surface area (Å²) >= 11 is 0. The van der Waals surface area contributed by atoms with Gasteiger partial charge in [0.15, 0.2) is 5.82 Å². The van der Waals surface area contributed by atoms with Gasteiger partial charge in [0, 0.05) is 5.69 Å². The second-order valence-corrected chi connectivity index (χ2v) is 4.49. The lowest BCUT2D eigenvalue weighted by Gasteiger charge is -2.06. The fourth-order valence-corrected chi connectivity index (χ4v) is 2.00. The van der Waals surface area contributed by atoms with Gasteiger partial charge in [-0.1, -0.05) is 12.1 Å². The van der Waals surface area contributed by atoms with E-state index in [1.54, 1.807) is 12.1 Å². The van der Waals surface area contributed by atoms with Crippen molar-refractivity contribution in [3.05, 3.63) is 53.8 Å². The third-order valence-electron chi connectivity index (χ3n) is 2.95. The molecule has 0 radical (unpaired) electrons. The number of nitrogens with two attached hydrogens (primary N) is 1. The van der Waals surface area contributed by atoms with E-state index < -0.39 is 5.82 Å². The van der Waals surface area contributed by atoms with Gasteiger partial charge in [0.05, 0.1) is 11.3 Å². The Bertz CT molecular complexity index is 766. The molecule has 0 amide bonds. The Morgan fingerprint density at radius 1 is 1.15 bits per heavy atom. The molecule has 0 bridgehead atoms. The van der Waals surface area contributed by atoms with Gasteiger partial charge in [0.2, 0.25) is 0 Å². The SMILES string of the molecule is Cc1cccc(-n2nnnc2-c2ccc(N)cc2F)c1. The normalized spacial score (nSPS) is 10.7. The van der Waals surface area contributed by atoms with Gasteiger partial charge < -0.3 is 5.73 Å². The number of tetrazole rings is 1. The zero-order valence-electron chi connectivity index (χ0n) is 10.8. The molecule has 3 rings (SSSR count). The van der Waals surface area contributed by atoms with E-state index in [-0.39, 0.29) is 0 Å². The molecule has 0 aliphatic carbocycles. The van der Waals surface area contributed by atoms with Crippen molar-refractivity contribution in [1.29, 1.82) is 0 Å². The molecule has 0 aliphatic rings. The van der Waals surface area contributed by atoms with Crippen LogP contribution in [0, 0.1) is 12.7 Å². The Kier molecular flexibility index (Phi) is 2.90. The first-order chi connectivity index (χ1) is 9.65. The minimum atomic E-state index is -0.450. The minimum absolute atomic E-state index is 0.311. The summed E-state index contributed by atoms with van der Waals surface area (Å²) < 4.78 is 15.5. The van der Waals surface area contributed by atoms with E-state index in [1.165, 1.54) is 10.7 Å². The number of aromatic nitrogens is 4. The third-order valence-corrected chi connectivity index (χ3v) is 2.95. The molecule has 6 heteroatoms. The van der Waals surface area contributed by atoms with Gasteiger partial charge in [-0.2, -0.15) is 4.68 Å². The highest BCUT2D eigenvalue weighted by Gasteiger charge is 2.14. The summed E-state index contributed by atoms with van der Waals surface area (Å²) in [5.41, 5.74) is 8.07. The number of rotatable bonds is 2. The number of nitrogen functional groups attached to an aromatic ring is 1. The second kappa shape index (κ2) is 4.73. The van der Waals surface area contributed by atoms with Crippen LogP contribution in [0.1, 0.15) is 5.56 Å². The molecule has 0 saturated carbocycles. The van der Waals surface area contributed by atoms with Crippen LogP contribution < -0.4 is 5.73 Å². The molecular weight excluding hydrogens is 257 g/mol. The van der Waals surface area contributed by atoms with Crippen molar-refractivity contribution in [3.8, 4) is 17.1 Å². The average Bonchev–Trinajstić information content (AvgIpc) is 2.87. The number of hydrogen-bond donors (Lipinski definition) is 1. The van der Waals surface area contributed by atoms with E-state index in [4.69, 9.17) is 5.73 Å². The van der Waals surface area contributed by atoms with Gasteiger partial charge in [-0.05, 0) is 53.2 Å². The first kappa shape index (κ1) is 12.3. The Morgan fingerprint density at radius 3 is 2.75 bits per heavy atom. The Labute approximate surface area is 114 Å². The highest BCUT2D eigenvalue weighted by molar-refractivity contribution is 5.61. The third kappa shape index (κ3) is 2.11. The van der Waals surface area contributed by atoms with Gasteiger partial charge >= 0.3 is 0 Å². The van der Waals surface area contributed by atoms with Crippen LogP contribution in [-0.2, 0) is 0 Å². The number of benzene rings is 2. The summed E-state index contributed by atoms with van der Waals surface area (Å²) in [5.74, 6) is -0.109. The molecule has 2 aromatic carbocycles. The summed E-state index contributed by atoms with van der Waals surface area (Å²) in [6.45, 7) is 1.97. The van der Waals surface area contributed by atoms with Gasteiger partial charge in [-0.15, -0.1) is 5.10 Å². The molecule has 1 aromatic heterocycles. The second-order valence-electron chi connectivity index (χ2n) is 4.49. The number of hydrogen-bond acceptors (Lipinski definition) is 4. The van der Waals surface area contributed by atoms with Crippen molar-refractivity contribution in [1.82, 2.24) is 20.2 Å². The fraction of sp³-hybridized carbons (Fsp3) is 0.0714. The maximum absolute atomic E-state index is 14.0. The lowest BCUT2D eigenvalue weighted by molar-refractivity contribution is 0.629. The molecule has 1 heterocycles. The van der Waals surface area contributed by atoms with Crippen molar-refractivity contribution in [2.45, 2.75) is 6.92 Å². The Morgan fingerprint density at radius 2 is 2.00 bits per heavy atom. The van der Waals surface area contributed by atoms with Crippen molar-refractivity contribution in [3.63, 3.8) is 0 Å². The molecule has 0 spiro atoms. The quantitative estimate of drug-likeness (QED) is 0.725. The predicted octanol–water partition coefficient (Wildman–Crippen LogP) is 2.36. The topological polar surface area (TPSA) is 69.6 Å². The molecule has 3 aromatic rings. The van der Waals surface area contributed by atoms with Crippen LogP contribution in [0.4, 0.5) is 10.1 Å².